The van der Waals surface area contributed by atoms with Crippen LogP contribution in [0.4, 0.5) is 0 Å². The van der Waals surface area contributed by atoms with Crippen LogP contribution >= 0.6 is 0 Å². The zero-order valence-electron chi connectivity index (χ0n) is 12.9. The van der Waals surface area contributed by atoms with Gasteiger partial charge in [0.15, 0.2) is 0 Å². The SMILES string of the molecule is Cn1cc(C#N)cc1C(=O)NCCc1nc(-c2cccnc2)no1. The van der Waals surface area contributed by atoms with E-state index in [0.29, 0.717) is 35.9 Å². The summed E-state index contributed by atoms with van der Waals surface area (Å²) >= 11 is 0. The summed E-state index contributed by atoms with van der Waals surface area (Å²) in [6, 6.07) is 7.18. The van der Waals surface area contributed by atoms with Crippen molar-refractivity contribution in [2.45, 2.75) is 6.42 Å². The van der Waals surface area contributed by atoms with Crippen LogP contribution in [0.15, 0.2) is 41.3 Å². The molecule has 1 amide bonds. The number of nitrogens with one attached hydrogen (secondary N) is 1. The number of aryl methyl sites for hydroxylation is 1. The highest BCUT2D eigenvalue weighted by Gasteiger charge is 2.13. The third kappa shape index (κ3) is 3.30. The maximum Gasteiger partial charge on any atom is 0.267 e. The molecule has 0 saturated heterocycles. The van der Waals surface area contributed by atoms with E-state index in [2.05, 4.69) is 20.4 Å². The Morgan fingerprint density at radius 2 is 2.38 bits per heavy atom. The number of aromatic nitrogens is 4. The Hall–Kier alpha value is -3.47. The quantitative estimate of drug-likeness (QED) is 0.758. The van der Waals surface area contributed by atoms with E-state index < -0.39 is 0 Å². The molecule has 0 atom stereocenters. The van der Waals surface area contributed by atoms with E-state index in [1.54, 1.807) is 42.3 Å². The van der Waals surface area contributed by atoms with Gasteiger partial charge in [-0.2, -0.15) is 10.2 Å². The normalized spacial score (nSPS) is 10.3. The summed E-state index contributed by atoms with van der Waals surface area (Å²) in [5.41, 5.74) is 1.64. The van der Waals surface area contributed by atoms with Crippen molar-refractivity contribution in [3.63, 3.8) is 0 Å². The van der Waals surface area contributed by atoms with Gasteiger partial charge >= 0.3 is 0 Å². The van der Waals surface area contributed by atoms with Crippen molar-refractivity contribution >= 4 is 5.91 Å². The lowest BCUT2D eigenvalue weighted by Gasteiger charge is -2.04. The maximum absolute atomic E-state index is 12.1. The zero-order chi connectivity index (χ0) is 16.9. The van der Waals surface area contributed by atoms with Crippen molar-refractivity contribution in [3.05, 3.63) is 53.9 Å². The highest BCUT2D eigenvalue weighted by atomic mass is 16.5. The van der Waals surface area contributed by atoms with E-state index in [1.807, 2.05) is 12.1 Å². The fraction of sp³-hybridized carbons (Fsp3) is 0.188. The Balaban J connectivity index is 1.57. The number of hydrogen-bond donors (Lipinski definition) is 1. The standard InChI is InChI=1S/C16H14N6O2/c1-22-10-11(8-17)7-13(22)16(23)19-6-4-14-20-15(21-24-14)12-3-2-5-18-9-12/h2-3,5,7,9-10H,4,6H2,1H3,(H,19,23). The number of nitrogens with zero attached hydrogens (tertiary/aromatic N) is 5. The van der Waals surface area contributed by atoms with Crippen LogP contribution in [-0.2, 0) is 13.5 Å². The van der Waals surface area contributed by atoms with E-state index in [0.717, 1.165) is 5.56 Å². The van der Waals surface area contributed by atoms with Gasteiger partial charge in [-0.25, -0.2) is 0 Å². The topological polar surface area (TPSA) is 110 Å². The van der Waals surface area contributed by atoms with Crippen LogP contribution in [0.25, 0.3) is 11.4 Å². The van der Waals surface area contributed by atoms with Gasteiger partial charge < -0.3 is 14.4 Å². The largest absolute Gasteiger partial charge is 0.350 e. The van der Waals surface area contributed by atoms with Gasteiger partial charge in [-0.15, -0.1) is 0 Å². The molecule has 0 radical (unpaired) electrons. The third-order valence-electron chi connectivity index (χ3n) is 3.38. The molecule has 0 aromatic carbocycles. The average Bonchev–Trinajstić information content (AvgIpc) is 3.22. The van der Waals surface area contributed by atoms with E-state index >= 15 is 0 Å². The van der Waals surface area contributed by atoms with Crippen LogP contribution in [-0.4, -0.2) is 32.1 Å². The van der Waals surface area contributed by atoms with E-state index in [9.17, 15) is 4.79 Å². The van der Waals surface area contributed by atoms with Crippen molar-refractivity contribution < 1.29 is 9.32 Å². The number of rotatable bonds is 5. The first-order valence-corrected chi connectivity index (χ1v) is 7.25. The lowest BCUT2D eigenvalue weighted by Crippen LogP contribution is -2.27. The molecule has 1 N–H and O–H groups in total. The van der Waals surface area contributed by atoms with Gasteiger partial charge in [0.05, 0.1) is 5.56 Å². The molecule has 3 heterocycles. The number of pyridine rings is 1. The fourth-order valence-electron chi connectivity index (χ4n) is 2.19. The van der Waals surface area contributed by atoms with E-state index in [1.165, 1.54) is 0 Å². The van der Waals surface area contributed by atoms with Gasteiger partial charge in [-0.3, -0.25) is 9.78 Å². The number of carbonyl (C=O) groups is 1. The van der Waals surface area contributed by atoms with Gasteiger partial charge in [0.2, 0.25) is 11.7 Å². The zero-order valence-corrected chi connectivity index (χ0v) is 12.9. The van der Waals surface area contributed by atoms with Crippen LogP contribution in [0.3, 0.4) is 0 Å². The minimum absolute atomic E-state index is 0.258. The summed E-state index contributed by atoms with van der Waals surface area (Å²) in [4.78, 5) is 20.4. The van der Waals surface area contributed by atoms with Crippen LogP contribution in [0.5, 0.6) is 0 Å². The minimum Gasteiger partial charge on any atom is -0.350 e. The highest BCUT2D eigenvalue weighted by molar-refractivity contribution is 5.93. The Bertz CT molecular complexity index is 891. The molecule has 24 heavy (non-hydrogen) atoms. The predicted octanol–water partition coefficient (Wildman–Crippen LogP) is 1.31. The first-order chi connectivity index (χ1) is 11.7. The fourth-order valence-corrected chi connectivity index (χ4v) is 2.19. The molecule has 0 aliphatic heterocycles. The Morgan fingerprint density at radius 3 is 3.08 bits per heavy atom. The summed E-state index contributed by atoms with van der Waals surface area (Å²) in [5.74, 6) is 0.635. The van der Waals surface area contributed by atoms with Gasteiger partial charge in [0.25, 0.3) is 5.91 Å². The van der Waals surface area contributed by atoms with Crippen molar-refractivity contribution in [1.29, 1.82) is 5.26 Å². The lowest BCUT2D eigenvalue weighted by molar-refractivity contribution is 0.0945. The van der Waals surface area contributed by atoms with Gasteiger partial charge in [0.1, 0.15) is 11.8 Å². The van der Waals surface area contributed by atoms with Crippen LogP contribution < -0.4 is 5.32 Å². The van der Waals surface area contributed by atoms with Crippen LogP contribution in [0, 0.1) is 11.3 Å². The molecule has 0 saturated carbocycles. The molecule has 0 fully saturated rings. The molecular weight excluding hydrogens is 308 g/mol. The lowest BCUT2D eigenvalue weighted by atomic mass is 10.3. The smallest absolute Gasteiger partial charge is 0.267 e. The van der Waals surface area contributed by atoms with Crippen molar-refractivity contribution in [2.75, 3.05) is 6.54 Å². The predicted molar refractivity (Wildman–Crippen MR) is 83.7 cm³/mol. The first kappa shape index (κ1) is 15.4. The molecule has 3 aromatic rings. The van der Waals surface area contributed by atoms with Crippen molar-refractivity contribution in [2.24, 2.45) is 7.05 Å². The summed E-state index contributed by atoms with van der Waals surface area (Å²) in [6.07, 6.45) is 5.33. The van der Waals surface area contributed by atoms with Crippen LogP contribution in [0.2, 0.25) is 0 Å². The molecule has 3 aromatic heterocycles. The third-order valence-corrected chi connectivity index (χ3v) is 3.38. The molecule has 0 spiro atoms. The maximum atomic E-state index is 12.1. The van der Waals surface area contributed by atoms with Gasteiger partial charge in [-0.05, 0) is 18.2 Å². The molecule has 0 unspecified atom stereocenters. The number of nitriles is 1. The van der Waals surface area contributed by atoms with Crippen LogP contribution in [0.1, 0.15) is 21.9 Å². The molecule has 8 heteroatoms. The molecule has 0 aliphatic carbocycles. The second-order valence-corrected chi connectivity index (χ2v) is 5.10. The number of carbonyl (C=O) groups excluding carboxylic acids is 1. The van der Waals surface area contributed by atoms with Crippen molar-refractivity contribution in [3.8, 4) is 17.5 Å². The minimum atomic E-state index is -0.258. The summed E-state index contributed by atoms with van der Waals surface area (Å²) < 4.78 is 6.78. The van der Waals surface area contributed by atoms with Gasteiger partial charge in [-0.1, -0.05) is 5.16 Å². The Kier molecular flexibility index (Phi) is 4.34. The summed E-state index contributed by atoms with van der Waals surface area (Å²) in [7, 11) is 1.72. The monoisotopic (exact) mass is 322 g/mol. The number of hydrogen-bond acceptors (Lipinski definition) is 6. The summed E-state index contributed by atoms with van der Waals surface area (Å²) in [5, 5.41) is 15.5. The molecule has 8 nitrogen and oxygen atoms in total. The Morgan fingerprint density at radius 1 is 1.50 bits per heavy atom. The average molecular weight is 322 g/mol. The molecule has 120 valence electrons. The summed E-state index contributed by atoms with van der Waals surface area (Å²) in [6.45, 7) is 0.348. The number of amides is 1. The molecule has 0 aliphatic rings. The van der Waals surface area contributed by atoms with Crippen molar-refractivity contribution in [1.82, 2.24) is 25.0 Å². The molecular formula is C16H14N6O2. The first-order valence-electron chi connectivity index (χ1n) is 7.25. The molecule has 3 rings (SSSR count). The van der Waals surface area contributed by atoms with E-state index in [-0.39, 0.29) is 5.91 Å². The highest BCUT2D eigenvalue weighted by Crippen LogP contribution is 2.13. The second-order valence-electron chi connectivity index (χ2n) is 5.10. The van der Waals surface area contributed by atoms with Gasteiger partial charge in [0, 0.05) is 44.2 Å². The second kappa shape index (κ2) is 6.75. The Labute approximate surface area is 137 Å². The van der Waals surface area contributed by atoms with E-state index in [4.69, 9.17) is 9.78 Å². The molecule has 0 bridgehead atoms.